The van der Waals surface area contributed by atoms with Crippen LogP contribution >= 0.6 is 11.3 Å². The molecule has 9 heteroatoms. The van der Waals surface area contributed by atoms with Crippen molar-refractivity contribution in [3.63, 3.8) is 0 Å². The number of hydrogen-bond acceptors (Lipinski definition) is 4. The smallest absolute Gasteiger partial charge is 0.445 e. The van der Waals surface area contributed by atoms with Gasteiger partial charge in [-0.05, 0) is 12.1 Å². The van der Waals surface area contributed by atoms with Crippen molar-refractivity contribution in [2.24, 2.45) is 5.10 Å². The summed E-state index contributed by atoms with van der Waals surface area (Å²) in [5.74, 6) is 0. The Kier molecular flexibility index (Phi) is 3.45. The van der Waals surface area contributed by atoms with Crippen molar-refractivity contribution < 1.29 is 18.8 Å². The van der Waals surface area contributed by atoms with Gasteiger partial charge in [0.25, 0.3) is 4.80 Å². The van der Waals surface area contributed by atoms with Gasteiger partial charge in [0.1, 0.15) is 0 Å². The van der Waals surface area contributed by atoms with Crippen molar-refractivity contribution in [3.05, 3.63) is 45.3 Å². The lowest BCUT2D eigenvalue weighted by Gasteiger charge is -2.01. The molecule has 1 aromatic heterocycles. The van der Waals surface area contributed by atoms with Crippen LogP contribution in [0.5, 0.6) is 0 Å². The molecule has 0 spiro atoms. The molecule has 0 fully saturated rings. The van der Waals surface area contributed by atoms with Crippen molar-refractivity contribution in [3.8, 4) is 5.69 Å². The largest absolute Gasteiger partial charge is 0.608 e. The first kappa shape index (κ1) is 12.7. The number of alkyl halides is 3. The van der Waals surface area contributed by atoms with E-state index in [1.807, 2.05) is 0 Å². The van der Waals surface area contributed by atoms with Gasteiger partial charge >= 0.3 is 6.18 Å². The average Bonchev–Trinajstić information content (AvgIpc) is 2.75. The summed E-state index contributed by atoms with van der Waals surface area (Å²) >= 11 is 0.315. The number of nitrogens with zero attached hydrogens (tertiary/aromatic N) is 3. The highest BCUT2D eigenvalue weighted by Crippen LogP contribution is 2.29. The van der Waals surface area contributed by atoms with Crippen LogP contribution in [0, 0.1) is 5.21 Å². The minimum atomic E-state index is -4.56. The molecule has 0 aliphatic rings. The van der Waals surface area contributed by atoms with Crippen LogP contribution < -0.4 is 10.4 Å². The Morgan fingerprint density at radius 3 is 2.50 bits per heavy atom. The molecule has 2 rings (SSSR count). The second-order valence-electron chi connectivity index (χ2n) is 3.17. The van der Waals surface area contributed by atoms with Crippen LogP contribution in [0.4, 0.5) is 13.2 Å². The number of hydrogen-bond donors (Lipinski definition) is 1. The second-order valence-corrected chi connectivity index (χ2v) is 4.13. The zero-order valence-electron chi connectivity index (χ0n) is 8.76. The lowest BCUT2D eigenvalue weighted by Crippen LogP contribution is -2.71. The molecule has 0 unspecified atom stereocenters. The fourth-order valence-corrected chi connectivity index (χ4v) is 2.00. The van der Waals surface area contributed by atoms with E-state index in [4.69, 9.17) is 0 Å². The Bertz CT molecular complexity index is 590. The van der Waals surface area contributed by atoms with E-state index in [1.165, 1.54) is 0 Å². The number of halogens is 3. The zero-order chi connectivity index (χ0) is 13.2. The number of rotatable bonds is 2. The van der Waals surface area contributed by atoms with E-state index in [9.17, 15) is 18.4 Å². The minimum Gasteiger partial charge on any atom is -0.608 e. The topological polar surface area (TPSA) is 69.8 Å². The molecule has 2 N–H and O–H groups in total. The van der Waals surface area contributed by atoms with Gasteiger partial charge in [0.15, 0.2) is 0 Å². The molecule has 0 saturated carbocycles. The molecule has 1 aromatic carbocycles. The van der Waals surface area contributed by atoms with Crippen LogP contribution in [0.15, 0.2) is 35.4 Å². The predicted molar refractivity (Wildman–Crippen MR) is 57.3 cm³/mol. The van der Waals surface area contributed by atoms with E-state index in [-0.39, 0.29) is 10.4 Å². The summed E-state index contributed by atoms with van der Waals surface area (Å²) < 4.78 is 38.6. The van der Waals surface area contributed by atoms with Gasteiger partial charge in [-0.1, -0.05) is 34.6 Å². The SMILES string of the molecule is [O-][NH2+]/N=c1/sc(C(F)(F)F)nn1-c1ccccc1. The van der Waals surface area contributed by atoms with Gasteiger partial charge in [0, 0.05) is 0 Å². The van der Waals surface area contributed by atoms with Gasteiger partial charge in [-0.3, -0.25) is 5.59 Å². The first-order valence-corrected chi connectivity index (χ1v) is 5.54. The molecule has 0 aliphatic carbocycles. The van der Waals surface area contributed by atoms with E-state index in [1.54, 1.807) is 30.3 Å². The van der Waals surface area contributed by atoms with Crippen LogP contribution in [0.3, 0.4) is 0 Å². The van der Waals surface area contributed by atoms with Crippen LogP contribution in [0.25, 0.3) is 5.69 Å². The van der Waals surface area contributed by atoms with E-state index >= 15 is 0 Å². The molecule has 18 heavy (non-hydrogen) atoms. The maximum atomic E-state index is 12.5. The van der Waals surface area contributed by atoms with Gasteiger partial charge in [0.05, 0.1) is 5.69 Å². The van der Waals surface area contributed by atoms with Crippen molar-refractivity contribution in [1.82, 2.24) is 9.78 Å². The third-order valence-electron chi connectivity index (χ3n) is 1.97. The van der Waals surface area contributed by atoms with E-state index in [2.05, 4.69) is 10.2 Å². The summed E-state index contributed by atoms with van der Waals surface area (Å²) in [6.45, 7) is 0. The molecule has 96 valence electrons. The Hall–Kier alpha value is -1.71. The highest BCUT2D eigenvalue weighted by atomic mass is 32.1. The normalized spacial score (nSPS) is 13.0. The molecule has 2 aromatic rings. The van der Waals surface area contributed by atoms with Gasteiger partial charge < -0.3 is 5.21 Å². The van der Waals surface area contributed by atoms with Crippen molar-refractivity contribution in [2.75, 3.05) is 0 Å². The summed E-state index contributed by atoms with van der Waals surface area (Å²) in [5.41, 5.74) is 0.595. The monoisotopic (exact) mass is 276 g/mol. The summed E-state index contributed by atoms with van der Waals surface area (Å²) in [7, 11) is 0. The Labute approximate surface area is 103 Å². The van der Waals surface area contributed by atoms with Gasteiger partial charge in [-0.25, -0.2) is 4.68 Å². The van der Waals surface area contributed by atoms with E-state index in [0.29, 0.717) is 17.0 Å². The van der Waals surface area contributed by atoms with Crippen LogP contribution in [0.1, 0.15) is 5.01 Å². The summed E-state index contributed by atoms with van der Waals surface area (Å²) in [6.07, 6.45) is -4.56. The second kappa shape index (κ2) is 4.88. The molecule has 0 atom stereocenters. The maximum absolute atomic E-state index is 12.5. The van der Waals surface area contributed by atoms with Gasteiger partial charge in [-0.2, -0.15) is 13.2 Å². The molecule has 5 nitrogen and oxygen atoms in total. The molecular weight excluding hydrogens is 269 g/mol. The first-order chi connectivity index (χ1) is 8.52. The van der Waals surface area contributed by atoms with Crippen LogP contribution in [-0.2, 0) is 6.18 Å². The van der Waals surface area contributed by atoms with E-state index < -0.39 is 11.2 Å². The predicted octanol–water partition coefficient (Wildman–Crippen LogP) is 0.830. The standard InChI is InChI=1S/C9H7F3N4OS/c10-9(11,12)7-14-16(8(18-7)13-15-17)6-4-2-1-3-5-6/h1-5H,15H2/b13-8+. The highest BCUT2D eigenvalue weighted by molar-refractivity contribution is 7.08. The fraction of sp³-hybridized carbons (Fsp3) is 0.111. The Morgan fingerprint density at radius 1 is 1.28 bits per heavy atom. The number of nitrogens with two attached hydrogens (primary N) is 1. The van der Waals surface area contributed by atoms with Gasteiger partial charge in [0.2, 0.25) is 5.01 Å². The lowest BCUT2D eigenvalue weighted by atomic mass is 10.3. The average molecular weight is 276 g/mol. The van der Waals surface area contributed by atoms with Crippen molar-refractivity contribution >= 4 is 11.3 Å². The number of para-hydroxylation sites is 1. The first-order valence-electron chi connectivity index (χ1n) is 4.72. The number of benzene rings is 1. The molecular formula is C9H7F3N4OS. The van der Waals surface area contributed by atoms with E-state index in [0.717, 1.165) is 4.68 Å². The molecule has 0 saturated heterocycles. The highest BCUT2D eigenvalue weighted by Gasteiger charge is 2.36. The molecule has 0 aliphatic heterocycles. The Morgan fingerprint density at radius 2 is 1.94 bits per heavy atom. The summed E-state index contributed by atoms with van der Waals surface area (Å²) in [4.78, 5) is -0.122. The van der Waals surface area contributed by atoms with Gasteiger partial charge in [-0.15, -0.1) is 5.10 Å². The summed E-state index contributed by atoms with van der Waals surface area (Å²) in [6, 6.07) is 8.17. The fourth-order valence-electron chi connectivity index (χ4n) is 1.26. The molecule has 0 radical (unpaired) electrons. The van der Waals surface area contributed by atoms with Crippen LogP contribution in [0.2, 0.25) is 0 Å². The van der Waals surface area contributed by atoms with Crippen molar-refractivity contribution in [2.45, 2.75) is 6.18 Å². The van der Waals surface area contributed by atoms with Crippen LogP contribution in [-0.4, -0.2) is 9.78 Å². The Balaban J connectivity index is 2.60. The minimum absolute atomic E-state index is 0.122. The molecule has 1 heterocycles. The molecule has 0 amide bonds. The number of quaternary nitrogens is 1. The third kappa shape index (κ3) is 2.58. The zero-order valence-corrected chi connectivity index (χ0v) is 9.57. The maximum Gasteiger partial charge on any atom is 0.445 e. The number of aromatic nitrogens is 2. The molecule has 0 bridgehead atoms. The summed E-state index contributed by atoms with van der Waals surface area (Å²) in [5, 5.41) is 16.1. The third-order valence-corrected chi connectivity index (χ3v) is 2.93. The quantitative estimate of drug-likeness (QED) is 0.652. The van der Waals surface area contributed by atoms with Crippen molar-refractivity contribution in [1.29, 1.82) is 0 Å². The lowest BCUT2D eigenvalue weighted by molar-refractivity contribution is -0.599.